The maximum absolute atomic E-state index is 13.3. The van der Waals surface area contributed by atoms with Crippen LogP contribution in [0.3, 0.4) is 0 Å². The third-order valence-corrected chi connectivity index (χ3v) is 23.7. The van der Waals surface area contributed by atoms with Gasteiger partial charge in [0.1, 0.15) is 0 Å². The van der Waals surface area contributed by atoms with Crippen molar-refractivity contribution in [1.82, 2.24) is 9.55 Å². The van der Waals surface area contributed by atoms with Gasteiger partial charge < -0.3 is 0 Å². The first kappa shape index (κ1) is 32.0. The summed E-state index contributed by atoms with van der Waals surface area (Å²) in [5.74, 6) is 0. The number of aromatic amines is 1. The second-order valence-electron chi connectivity index (χ2n) is 12.6. The summed E-state index contributed by atoms with van der Waals surface area (Å²) in [6.45, 7) is 22.5. The number of benzene rings is 1. The molecule has 2 aliphatic rings. The molecule has 0 unspecified atom stereocenters. The summed E-state index contributed by atoms with van der Waals surface area (Å²) in [7, 11) is -5.53. The van der Waals surface area contributed by atoms with E-state index >= 15 is 0 Å². The molecular formula is C29H46N2O5SSeSi2. The van der Waals surface area contributed by atoms with Crippen molar-refractivity contribution in [1.29, 1.82) is 0 Å². The van der Waals surface area contributed by atoms with Crippen LogP contribution in [0.4, 0.5) is 0 Å². The summed E-state index contributed by atoms with van der Waals surface area (Å²) in [4.78, 5) is 28.2. The summed E-state index contributed by atoms with van der Waals surface area (Å²) in [6, 6.07) is 10.5. The number of thioether (sulfide) groups is 1. The summed E-state index contributed by atoms with van der Waals surface area (Å²) < 4.78 is 24.7. The van der Waals surface area contributed by atoms with E-state index in [4.69, 9.17) is 13.0 Å². The molecule has 2 saturated heterocycles. The Bertz CT molecular complexity index is 1290. The molecule has 2 aliphatic heterocycles. The van der Waals surface area contributed by atoms with Crippen molar-refractivity contribution < 1.29 is 13.0 Å². The summed E-state index contributed by atoms with van der Waals surface area (Å²) in [6.07, 6.45) is 1.55. The molecule has 2 aromatic rings. The van der Waals surface area contributed by atoms with Crippen molar-refractivity contribution in [2.24, 2.45) is 0 Å². The summed E-state index contributed by atoms with van der Waals surface area (Å²) in [5.41, 5.74) is 0.781. The van der Waals surface area contributed by atoms with Gasteiger partial charge in [-0.2, -0.15) is 0 Å². The zero-order chi connectivity index (χ0) is 29.6. The van der Waals surface area contributed by atoms with Gasteiger partial charge in [0.2, 0.25) is 0 Å². The Morgan fingerprint density at radius 2 is 1.55 bits per heavy atom. The van der Waals surface area contributed by atoms with Gasteiger partial charge in [0.15, 0.2) is 0 Å². The van der Waals surface area contributed by atoms with E-state index in [1.165, 1.54) is 4.46 Å². The topological polar surface area (TPSA) is 82.6 Å². The number of hydrogen-bond acceptors (Lipinski definition) is 6. The molecule has 1 aromatic carbocycles. The SMILES string of the molecule is Cc1cn([C@@H]2S[C@@H]3CO[Si](C(C)C)(C(C)C)O[Si](C(C)C)(C(C)C)O[C@H]3[C@@]2(C)[Se]c2ccccc2)c(=O)[nH]c1=O. The van der Waals surface area contributed by atoms with Gasteiger partial charge in [-0.05, 0) is 0 Å². The Morgan fingerprint density at radius 3 is 2.10 bits per heavy atom. The van der Waals surface area contributed by atoms with Crippen LogP contribution < -0.4 is 15.7 Å². The normalized spacial score (nSPS) is 28.2. The standard InChI is InChI=1S/C29H46N2O5SSeSi2/c1-18(2)39(19(3)4)34-17-24-25(35-40(36-39,20(5)6)21(7)8)29(10,38-23-14-12-11-13-15-23)27(37-24)31-16-22(9)26(32)30-28(31)33/h11-16,18-21,24-25,27H,17H2,1-10H3,(H,30,32,33)/t24-,25-,27-,29-/m1/s1. The molecule has 0 spiro atoms. The zero-order valence-corrected chi connectivity index (χ0v) is 30.0. The zero-order valence-electron chi connectivity index (χ0n) is 25.5. The van der Waals surface area contributed by atoms with E-state index in [1.54, 1.807) is 29.4 Å². The van der Waals surface area contributed by atoms with Crippen LogP contribution in [0.1, 0.15) is 73.3 Å². The molecule has 4 atom stereocenters. The number of nitrogens with one attached hydrogen (secondary N) is 1. The molecule has 1 aromatic heterocycles. The van der Waals surface area contributed by atoms with Crippen LogP contribution in [0.2, 0.25) is 26.5 Å². The monoisotopic (exact) mass is 670 g/mol. The van der Waals surface area contributed by atoms with E-state index in [2.05, 4.69) is 91.6 Å². The van der Waals surface area contributed by atoms with E-state index in [0.29, 0.717) is 12.2 Å². The fraction of sp³-hybridized carbons (Fsp3) is 0.655. The van der Waals surface area contributed by atoms with E-state index < -0.39 is 21.4 Å². The fourth-order valence-electron chi connectivity index (χ4n) is 6.28. The third kappa shape index (κ3) is 5.57. The molecule has 1 N–H and O–H groups in total. The summed E-state index contributed by atoms with van der Waals surface area (Å²) in [5, 5.41) is -0.204. The predicted octanol–water partition coefficient (Wildman–Crippen LogP) is 5.62. The molecule has 11 heteroatoms. The van der Waals surface area contributed by atoms with Crippen molar-refractivity contribution in [3.63, 3.8) is 0 Å². The molecule has 0 radical (unpaired) electrons. The summed E-state index contributed by atoms with van der Waals surface area (Å²) >= 11 is 1.72. The van der Waals surface area contributed by atoms with Crippen molar-refractivity contribution in [3.05, 3.63) is 62.9 Å². The fourth-order valence-corrected chi connectivity index (χ4v) is 23.3. The maximum atomic E-state index is 13.3. The molecule has 0 bridgehead atoms. The number of nitrogens with zero attached hydrogens (tertiary/aromatic N) is 1. The van der Waals surface area contributed by atoms with E-state index in [1.807, 2.05) is 6.07 Å². The van der Waals surface area contributed by atoms with E-state index in [9.17, 15) is 9.59 Å². The first-order valence-electron chi connectivity index (χ1n) is 14.4. The van der Waals surface area contributed by atoms with Crippen molar-refractivity contribution in [2.45, 2.75) is 112 Å². The molecule has 222 valence electrons. The number of rotatable bonds is 7. The number of fused-ring (bicyclic) bond motifs is 1. The van der Waals surface area contributed by atoms with Gasteiger partial charge in [-0.15, -0.1) is 0 Å². The van der Waals surface area contributed by atoms with Crippen LogP contribution in [-0.4, -0.2) is 59.6 Å². The Morgan fingerprint density at radius 1 is 0.975 bits per heavy atom. The number of H-pyrrole nitrogens is 1. The Hall–Kier alpha value is -0.917. The van der Waals surface area contributed by atoms with Crippen molar-refractivity contribution in [3.8, 4) is 0 Å². The van der Waals surface area contributed by atoms with Crippen LogP contribution in [0.25, 0.3) is 0 Å². The van der Waals surface area contributed by atoms with Gasteiger partial charge in [0, 0.05) is 0 Å². The second kappa shape index (κ2) is 12.0. The van der Waals surface area contributed by atoms with E-state index in [0.717, 1.165) is 0 Å². The quantitative estimate of drug-likeness (QED) is 0.386. The number of aryl methyl sites for hydroxylation is 1. The van der Waals surface area contributed by atoms with Gasteiger partial charge in [0.25, 0.3) is 0 Å². The molecule has 0 aliphatic carbocycles. The van der Waals surface area contributed by atoms with Gasteiger partial charge in [-0.3, -0.25) is 0 Å². The molecule has 0 saturated carbocycles. The molecule has 7 nitrogen and oxygen atoms in total. The number of hydrogen-bond donors (Lipinski definition) is 1. The molecule has 2 fully saturated rings. The van der Waals surface area contributed by atoms with Crippen LogP contribution in [0, 0.1) is 6.92 Å². The van der Waals surface area contributed by atoms with Gasteiger partial charge in [-0.25, -0.2) is 0 Å². The minimum absolute atomic E-state index is 0.0253. The van der Waals surface area contributed by atoms with Gasteiger partial charge in [0.05, 0.1) is 0 Å². The minimum atomic E-state index is -2.85. The Kier molecular flexibility index (Phi) is 9.60. The van der Waals surface area contributed by atoms with Gasteiger partial charge >= 0.3 is 253 Å². The molecule has 4 rings (SSSR count). The average molecular weight is 670 g/mol. The van der Waals surface area contributed by atoms with E-state index in [-0.39, 0.29) is 65.1 Å². The molecular weight excluding hydrogens is 624 g/mol. The number of aromatic nitrogens is 2. The molecule has 0 amide bonds. The Labute approximate surface area is 251 Å². The molecule has 3 heterocycles. The van der Waals surface area contributed by atoms with Crippen molar-refractivity contribution in [2.75, 3.05) is 6.61 Å². The van der Waals surface area contributed by atoms with Gasteiger partial charge in [-0.1, -0.05) is 0 Å². The predicted molar refractivity (Wildman–Crippen MR) is 170 cm³/mol. The Balaban J connectivity index is 1.93. The second-order valence-corrected chi connectivity index (χ2v) is 26.1. The molecule has 40 heavy (non-hydrogen) atoms. The third-order valence-electron chi connectivity index (χ3n) is 8.50. The van der Waals surface area contributed by atoms with Crippen LogP contribution in [0.15, 0.2) is 46.1 Å². The van der Waals surface area contributed by atoms with Crippen LogP contribution in [0.5, 0.6) is 0 Å². The average Bonchev–Trinajstić information content (AvgIpc) is 3.11. The van der Waals surface area contributed by atoms with Crippen LogP contribution >= 0.6 is 11.8 Å². The van der Waals surface area contributed by atoms with Crippen molar-refractivity contribution >= 4 is 48.3 Å². The first-order chi connectivity index (χ1) is 18.7. The van der Waals surface area contributed by atoms with Crippen LogP contribution in [-0.2, 0) is 13.0 Å². The first-order valence-corrected chi connectivity index (χ1v) is 21.0.